The van der Waals surface area contributed by atoms with Crippen LogP contribution in [0, 0.1) is 5.92 Å². The van der Waals surface area contributed by atoms with Gasteiger partial charge < -0.3 is 15.0 Å². The SMILES string of the molecule is CCOC(=O)c1ccc(N2CCCC3C(=O)NCC32)nc1. The summed E-state index contributed by atoms with van der Waals surface area (Å²) < 4.78 is 4.95. The summed E-state index contributed by atoms with van der Waals surface area (Å²) in [6, 6.07) is 3.73. The van der Waals surface area contributed by atoms with Gasteiger partial charge in [-0.15, -0.1) is 0 Å². The molecular formula is C15H19N3O3. The maximum Gasteiger partial charge on any atom is 0.339 e. The van der Waals surface area contributed by atoms with Crippen LogP contribution in [0.15, 0.2) is 18.3 Å². The minimum absolute atomic E-state index is 0.0604. The van der Waals surface area contributed by atoms with Crippen molar-refractivity contribution in [3.8, 4) is 0 Å². The largest absolute Gasteiger partial charge is 0.462 e. The molecule has 3 heterocycles. The summed E-state index contributed by atoms with van der Waals surface area (Å²) >= 11 is 0. The summed E-state index contributed by atoms with van der Waals surface area (Å²) in [5.41, 5.74) is 0.454. The Morgan fingerprint density at radius 3 is 3.10 bits per heavy atom. The number of nitrogens with zero attached hydrogens (tertiary/aromatic N) is 2. The molecule has 0 aromatic carbocycles. The van der Waals surface area contributed by atoms with Crippen molar-refractivity contribution >= 4 is 17.7 Å². The van der Waals surface area contributed by atoms with Gasteiger partial charge in [-0.3, -0.25) is 4.79 Å². The van der Waals surface area contributed by atoms with Crippen LogP contribution in [0.5, 0.6) is 0 Å². The van der Waals surface area contributed by atoms with Crippen molar-refractivity contribution in [3.05, 3.63) is 23.9 Å². The second kappa shape index (κ2) is 5.71. The lowest BCUT2D eigenvalue weighted by molar-refractivity contribution is -0.123. The molecule has 6 heteroatoms. The molecule has 2 saturated heterocycles. The third kappa shape index (κ3) is 2.57. The number of hydrogen-bond donors (Lipinski definition) is 1. The second-order valence-corrected chi connectivity index (χ2v) is 5.38. The molecule has 0 bridgehead atoms. The van der Waals surface area contributed by atoms with Gasteiger partial charge in [-0.2, -0.15) is 0 Å². The fourth-order valence-electron chi connectivity index (χ4n) is 3.13. The van der Waals surface area contributed by atoms with E-state index in [0.717, 1.165) is 25.2 Å². The monoisotopic (exact) mass is 289 g/mol. The van der Waals surface area contributed by atoms with Gasteiger partial charge in [0.05, 0.1) is 24.1 Å². The molecule has 2 fully saturated rings. The number of piperidine rings is 1. The van der Waals surface area contributed by atoms with E-state index in [2.05, 4.69) is 15.2 Å². The third-order valence-electron chi connectivity index (χ3n) is 4.15. The number of hydrogen-bond acceptors (Lipinski definition) is 5. The number of pyridine rings is 1. The van der Waals surface area contributed by atoms with E-state index in [-0.39, 0.29) is 23.8 Å². The summed E-state index contributed by atoms with van der Waals surface area (Å²) in [6.45, 7) is 3.69. The Morgan fingerprint density at radius 2 is 2.38 bits per heavy atom. The lowest BCUT2D eigenvalue weighted by Crippen LogP contribution is -2.46. The molecule has 2 aliphatic rings. The maximum atomic E-state index is 11.8. The molecule has 0 saturated carbocycles. The lowest BCUT2D eigenvalue weighted by Gasteiger charge is -2.36. The van der Waals surface area contributed by atoms with Gasteiger partial charge in [0.15, 0.2) is 0 Å². The van der Waals surface area contributed by atoms with E-state index in [9.17, 15) is 9.59 Å². The quantitative estimate of drug-likeness (QED) is 0.840. The van der Waals surface area contributed by atoms with E-state index >= 15 is 0 Å². The summed E-state index contributed by atoms with van der Waals surface area (Å²) in [4.78, 5) is 30.0. The van der Waals surface area contributed by atoms with Gasteiger partial charge in [0.1, 0.15) is 5.82 Å². The normalized spacial score (nSPS) is 24.4. The number of carbonyl (C=O) groups excluding carboxylic acids is 2. The number of rotatable bonds is 3. The summed E-state index contributed by atoms with van der Waals surface area (Å²) in [5.74, 6) is 0.665. The second-order valence-electron chi connectivity index (χ2n) is 5.38. The topological polar surface area (TPSA) is 71.5 Å². The third-order valence-corrected chi connectivity index (χ3v) is 4.15. The smallest absolute Gasteiger partial charge is 0.339 e. The number of esters is 1. The van der Waals surface area contributed by atoms with Crippen LogP contribution in [0.2, 0.25) is 0 Å². The van der Waals surface area contributed by atoms with E-state index in [1.54, 1.807) is 19.2 Å². The molecule has 112 valence electrons. The predicted octanol–water partition coefficient (Wildman–Crippen LogP) is 0.973. The van der Waals surface area contributed by atoms with E-state index in [1.807, 2.05) is 6.07 Å². The van der Waals surface area contributed by atoms with Crippen molar-refractivity contribution in [2.24, 2.45) is 5.92 Å². The van der Waals surface area contributed by atoms with E-state index < -0.39 is 0 Å². The molecule has 1 N–H and O–H groups in total. The van der Waals surface area contributed by atoms with Gasteiger partial charge >= 0.3 is 5.97 Å². The molecule has 1 aromatic heterocycles. The molecule has 0 radical (unpaired) electrons. The molecule has 21 heavy (non-hydrogen) atoms. The van der Waals surface area contributed by atoms with Crippen LogP contribution in [0.25, 0.3) is 0 Å². The highest BCUT2D eigenvalue weighted by atomic mass is 16.5. The highest BCUT2D eigenvalue weighted by Gasteiger charge is 2.41. The molecular weight excluding hydrogens is 270 g/mol. The number of anilines is 1. The van der Waals surface area contributed by atoms with Gasteiger partial charge in [0.25, 0.3) is 0 Å². The molecule has 2 aliphatic heterocycles. The Labute approximate surface area is 123 Å². The fraction of sp³-hybridized carbons (Fsp3) is 0.533. The van der Waals surface area contributed by atoms with Crippen LogP contribution in [0.1, 0.15) is 30.1 Å². The molecule has 0 aliphatic carbocycles. The molecule has 3 rings (SSSR count). The minimum Gasteiger partial charge on any atom is -0.462 e. The number of carbonyl (C=O) groups is 2. The number of amides is 1. The van der Waals surface area contributed by atoms with Crippen LogP contribution in [-0.4, -0.2) is 42.6 Å². The first-order valence-corrected chi connectivity index (χ1v) is 7.38. The van der Waals surface area contributed by atoms with Gasteiger partial charge in [-0.05, 0) is 31.9 Å². The average molecular weight is 289 g/mol. The zero-order valence-corrected chi connectivity index (χ0v) is 12.0. The van der Waals surface area contributed by atoms with Crippen molar-refractivity contribution in [2.75, 3.05) is 24.6 Å². The first-order chi connectivity index (χ1) is 10.2. The number of fused-ring (bicyclic) bond motifs is 1. The number of nitrogens with one attached hydrogen (secondary N) is 1. The Morgan fingerprint density at radius 1 is 1.52 bits per heavy atom. The standard InChI is InChI=1S/C15H19N3O3/c1-2-21-15(20)10-5-6-13(16-8-10)18-7-3-4-11-12(18)9-17-14(11)19/h5-6,8,11-12H,2-4,7,9H2,1H3,(H,17,19). The Bertz CT molecular complexity index is 544. The summed E-state index contributed by atoms with van der Waals surface area (Å²) in [5, 5.41) is 2.93. The zero-order chi connectivity index (χ0) is 14.8. The number of ether oxygens (including phenoxy) is 1. The van der Waals surface area contributed by atoms with Gasteiger partial charge in [-0.25, -0.2) is 9.78 Å². The first-order valence-electron chi connectivity index (χ1n) is 7.38. The highest BCUT2D eigenvalue weighted by molar-refractivity contribution is 5.89. The molecule has 1 amide bonds. The highest BCUT2D eigenvalue weighted by Crippen LogP contribution is 2.30. The van der Waals surface area contributed by atoms with Crippen LogP contribution < -0.4 is 10.2 Å². The molecule has 2 unspecified atom stereocenters. The van der Waals surface area contributed by atoms with E-state index in [4.69, 9.17) is 4.74 Å². The van der Waals surface area contributed by atoms with Crippen LogP contribution in [-0.2, 0) is 9.53 Å². The molecule has 1 aromatic rings. The zero-order valence-electron chi connectivity index (χ0n) is 12.0. The van der Waals surface area contributed by atoms with Gasteiger partial charge in [-0.1, -0.05) is 0 Å². The van der Waals surface area contributed by atoms with E-state index in [0.29, 0.717) is 18.7 Å². The van der Waals surface area contributed by atoms with Crippen molar-refractivity contribution in [2.45, 2.75) is 25.8 Å². The van der Waals surface area contributed by atoms with Crippen molar-refractivity contribution in [3.63, 3.8) is 0 Å². The number of aromatic nitrogens is 1. The first kappa shape index (κ1) is 13.9. The average Bonchev–Trinajstić information content (AvgIpc) is 2.89. The summed E-state index contributed by atoms with van der Waals surface area (Å²) in [6.07, 6.45) is 3.46. The van der Waals surface area contributed by atoms with Crippen LogP contribution in [0.4, 0.5) is 5.82 Å². The molecule has 6 nitrogen and oxygen atoms in total. The van der Waals surface area contributed by atoms with Crippen molar-refractivity contribution < 1.29 is 14.3 Å². The minimum atomic E-state index is -0.356. The molecule has 2 atom stereocenters. The van der Waals surface area contributed by atoms with Crippen molar-refractivity contribution in [1.82, 2.24) is 10.3 Å². The lowest BCUT2D eigenvalue weighted by atomic mass is 9.91. The summed E-state index contributed by atoms with van der Waals surface area (Å²) in [7, 11) is 0. The van der Waals surface area contributed by atoms with Crippen LogP contribution in [0.3, 0.4) is 0 Å². The van der Waals surface area contributed by atoms with Crippen molar-refractivity contribution in [1.29, 1.82) is 0 Å². The Hall–Kier alpha value is -2.11. The van der Waals surface area contributed by atoms with Gasteiger partial charge in [0, 0.05) is 19.3 Å². The van der Waals surface area contributed by atoms with Crippen LogP contribution >= 0.6 is 0 Å². The Balaban J connectivity index is 1.77. The fourth-order valence-corrected chi connectivity index (χ4v) is 3.13. The van der Waals surface area contributed by atoms with E-state index in [1.165, 1.54) is 0 Å². The van der Waals surface area contributed by atoms with Gasteiger partial charge in [0.2, 0.25) is 5.91 Å². The molecule has 0 spiro atoms. The predicted molar refractivity (Wildman–Crippen MR) is 77.1 cm³/mol. The Kier molecular flexibility index (Phi) is 3.77. The maximum absolute atomic E-state index is 11.8.